The van der Waals surface area contributed by atoms with Crippen LogP contribution in [0.3, 0.4) is 0 Å². The van der Waals surface area contributed by atoms with E-state index in [4.69, 9.17) is 4.74 Å². The molecule has 8 heteroatoms. The molecule has 27 heavy (non-hydrogen) atoms. The first-order valence-electron chi connectivity index (χ1n) is 8.45. The van der Waals surface area contributed by atoms with Crippen LogP contribution in [0.25, 0.3) is 0 Å². The third-order valence-electron chi connectivity index (χ3n) is 3.70. The minimum atomic E-state index is -3.45. The number of thioether (sulfide) groups is 1. The highest BCUT2D eigenvalue weighted by Gasteiger charge is 2.17. The summed E-state index contributed by atoms with van der Waals surface area (Å²) in [6.07, 6.45) is 0. The SMILES string of the molecule is C[C@@H](Sc1ccccc1)C(=O)NCCOc1ccc(S(=O)(=O)N(C)C)cc1. The minimum Gasteiger partial charge on any atom is -0.492 e. The number of nitrogens with one attached hydrogen (secondary N) is 1. The summed E-state index contributed by atoms with van der Waals surface area (Å²) in [5.74, 6) is 0.494. The highest BCUT2D eigenvalue weighted by Crippen LogP contribution is 2.22. The quantitative estimate of drug-likeness (QED) is 0.510. The van der Waals surface area contributed by atoms with Gasteiger partial charge in [-0.25, -0.2) is 12.7 Å². The number of benzene rings is 2. The fourth-order valence-electron chi connectivity index (χ4n) is 2.16. The van der Waals surface area contributed by atoms with Crippen LogP contribution in [-0.2, 0) is 14.8 Å². The number of sulfonamides is 1. The van der Waals surface area contributed by atoms with E-state index >= 15 is 0 Å². The monoisotopic (exact) mass is 408 g/mol. The number of hydrogen-bond donors (Lipinski definition) is 1. The molecular formula is C19H24N2O4S2. The van der Waals surface area contributed by atoms with E-state index in [1.807, 2.05) is 37.3 Å². The molecule has 0 aromatic heterocycles. The van der Waals surface area contributed by atoms with Crippen LogP contribution in [0.5, 0.6) is 5.75 Å². The minimum absolute atomic E-state index is 0.0557. The topological polar surface area (TPSA) is 75.7 Å². The molecule has 1 atom stereocenters. The smallest absolute Gasteiger partial charge is 0.242 e. The number of carbonyl (C=O) groups excluding carboxylic acids is 1. The van der Waals surface area contributed by atoms with Crippen LogP contribution in [-0.4, -0.2) is 51.1 Å². The van der Waals surface area contributed by atoms with Crippen molar-refractivity contribution in [1.29, 1.82) is 0 Å². The largest absolute Gasteiger partial charge is 0.492 e. The first kappa shape index (κ1) is 21.3. The molecular weight excluding hydrogens is 384 g/mol. The molecule has 0 radical (unpaired) electrons. The van der Waals surface area contributed by atoms with Crippen LogP contribution in [0, 0.1) is 0 Å². The van der Waals surface area contributed by atoms with Crippen LogP contribution >= 0.6 is 11.8 Å². The number of ether oxygens (including phenoxy) is 1. The van der Waals surface area contributed by atoms with E-state index in [1.165, 1.54) is 38.0 Å². The van der Waals surface area contributed by atoms with Crippen molar-refractivity contribution < 1.29 is 17.9 Å². The van der Waals surface area contributed by atoms with Crippen molar-refractivity contribution in [1.82, 2.24) is 9.62 Å². The third-order valence-corrected chi connectivity index (χ3v) is 6.64. The predicted molar refractivity (Wildman–Crippen MR) is 108 cm³/mol. The summed E-state index contributed by atoms with van der Waals surface area (Å²) in [4.78, 5) is 13.4. The molecule has 1 N–H and O–H groups in total. The van der Waals surface area contributed by atoms with Gasteiger partial charge in [-0.05, 0) is 43.3 Å². The normalized spacial score (nSPS) is 12.6. The Hall–Kier alpha value is -2.03. The molecule has 6 nitrogen and oxygen atoms in total. The lowest BCUT2D eigenvalue weighted by Gasteiger charge is -2.13. The standard InChI is InChI=1S/C19H24N2O4S2/c1-15(26-17-7-5-4-6-8-17)19(22)20-13-14-25-16-9-11-18(12-10-16)27(23,24)21(2)3/h4-12,15H,13-14H2,1-3H3,(H,20,22)/t15-/m1/s1. The Kier molecular flexibility index (Phi) is 7.70. The molecule has 2 aromatic rings. The second kappa shape index (κ2) is 9.77. The summed E-state index contributed by atoms with van der Waals surface area (Å²) >= 11 is 1.50. The first-order chi connectivity index (χ1) is 12.8. The van der Waals surface area contributed by atoms with Crippen molar-refractivity contribution >= 4 is 27.7 Å². The van der Waals surface area contributed by atoms with Gasteiger partial charge >= 0.3 is 0 Å². The zero-order valence-corrected chi connectivity index (χ0v) is 17.2. The molecule has 146 valence electrons. The Balaban J connectivity index is 1.75. The Labute approximate surface area is 165 Å². The van der Waals surface area contributed by atoms with Crippen LogP contribution in [0.4, 0.5) is 0 Å². The highest BCUT2D eigenvalue weighted by molar-refractivity contribution is 8.00. The van der Waals surface area contributed by atoms with Crippen molar-refractivity contribution in [3.05, 3.63) is 54.6 Å². The van der Waals surface area contributed by atoms with E-state index in [2.05, 4.69) is 5.32 Å². The van der Waals surface area contributed by atoms with Gasteiger partial charge in [-0.1, -0.05) is 18.2 Å². The molecule has 0 heterocycles. The lowest BCUT2D eigenvalue weighted by atomic mass is 10.3. The van der Waals surface area contributed by atoms with Gasteiger partial charge in [-0.3, -0.25) is 4.79 Å². The lowest BCUT2D eigenvalue weighted by molar-refractivity contribution is -0.120. The first-order valence-corrected chi connectivity index (χ1v) is 10.8. The molecule has 2 rings (SSSR count). The summed E-state index contributed by atoms with van der Waals surface area (Å²) < 4.78 is 30.7. The zero-order valence-electron chi connectivity index (χ0n) is 15.6. The summed E-state index contributed by atoms with van der Waals surface area (Å²) in [5.41, 5.74) is 0. The van der Waals surface area contributed by atoms with Gasteiger partial charge in [0, 0.05) is 19.0 Å². The van der Waals surface area contributed by atoms with Crippen molar-refractivity contribution in [3.63, 3.8) is 0 Å². The number of carbonyl (C=O) groups is 1. The molecule has 0 unspecified atom stereocenters. The van der Waals surface area contributed by atoms with Crippen molar-refractivity contribution in [2.24, 2.45) is 0 Å². The molecule has 0 aliphatic rings. The number of amides is 1. The third kappa shape index (κ3) is 6.27. The molecule has 1 amide bonds. The van der Waals surface area contributed by atoms with E-state index < -0.39 is 10.0 Å². The van der Waals surface area contributed by atoms with Crippen molar-refractivity contribution in [3.8, 4) is 5.75 Å². The summed E-state index contributed by atoms with van der Waals surface area (Å²) in [5, 5.41) is 2.63. The summed E-state index contributed by atoms with van der Waals surface area (Å²) in [7, 11) is -0.476. The fourth-order valence-corrected chi connectivity index (χ4v) is 3.98. The molecule has 0 aliphatic heterocycles. The molecule has 0 fully saturated rings. The maximum atomic E-state index is 12.1. The average Bonchev–Trinajstić information content (AvgIpc) is 2.66. The Morgan fingerprint density at radius 1 is 1.11 bits per heavy atom. The summed E-state index contributed by atoms with van der Waals surface area (Å²) in [6.45, 7) is 2.53. The molecule has 2 aromatic carbocycles. The molecule has 0 saturated carbocycles. The van der Waals surface area contributed by atoms with Gasteiger partial charge in [-0.2, -0.15) is 0 Å². The molecule has 0 aliphatic carbocycles. The number of hydrogen-bond acceptors (Lipinski definition) is 5. The van der Waals surface area contributed by atoms with Gasteiger partial charge in [-0.15, -0.1) is 11.8 Å². The second-order valence-electron chi connectivity index (χ2n) is 5.97. The van der Waals surface area contributed by atoms with Crippen LogP contribution < -0.4 is 10.1 Å². The number of rotatable bonds is 9. The maximum Gasteiger partial charge on any atom is 0.242 e. The lowest BCUT2D eigenvalue weighted by Crippen LogP contribution is -2.33. The van der Waals surface area contributed by atoms with E-state index in [9.17, 15) is 13.2 Å². The molecule has 0 bridgehead atoms. The average molecular weight is 409 g/mol. The fraction of sp³-hybridized carbons (Fsp3) is 0.316. The van der Waals surface area contributed by atoms with Crippen molar-refractivity contribution in [2.45, 2.75) is 22.0 Å². The Bertz CT molecular complexity index is 838. The maximum absolute atomic E-state index is 12.1. The van der Waals surface area contributed by atoms with Gasteiger partial charge < -0.3 is 10.1 Å². The summed E-state index contributed by atoms with van der Waals surface area (Å²) in [6, 6.07) is 16.0. The number of nitrogens with zero attached hydrogens (tertiary/aromatic N) is 1. The van der Waals surface area contributed by atoms with Gasteiger partial charge in [0.15, 0.2) is 0 Å². The van der Waals surface area contributed by atoms with E-state index in [0.717, 1.165) is 9.20 Å². The second-order valence-corrected chi connectivity index (χ2v) is 9.54. The van der Waals surface area contributed by atoms with Crippen LogP contribution in [0.15, 0.2) is 64.4 Å². The molecule has 0 spiro atoms. The predicted octanol–water partition coefficient (Wildman–Crippen LogP) is 2.61. The van der Waals surface area contributed by atoms with Crippen LogP contribution in [0.1, 0.15) is 6.92 Å². The van der Waals surface area contributed by atoms with Gasteiger partial charge in [0.2, 0.25) is 15.9 Å². The van der Waals surface area contributed by atoms with Crippen LogP contribution in [0.2, 0.25) is 0 Å². The van der Waals surface area contributed by atoms with Gasteiger partial charge in [0.05, 0.1) is 16.7 Å². The van der Waals surface area contributed by atoms with E-state index in [0.29, 0.717) is 18.9 Å². The van der Waals surface area contributed by atoms with Crippen molar-refractivity contribution in [2.75, 3.05) is 27.2 Å². The van der Waals surface area contributed by atoms with Gasteiger partial charge in [0.25, 0.3) is 0 Å². The van der Waals surface area contributed by atoms with E-state index in [1.54, 1.807) is 12.1 Å². The molecule has 0 saturated heterocycles. The Morgan fingerprint density at radius 2 is 1.74 bits per heavy atom. The highest BCUT2D eigenvalue weighted by atomic mass is 32.2. The van der Waals surface area contributed by atoms with E-state index in [-0.39, 0.29) is 16.1 Å². The van der Waals surface area contributed by atoms with Gasteiger partial charge in [0.1, 0.15) is 12.4 Å². The zero-order chi connectivity index (χ0) is 19.9. The Morgan fingerprint density at radius 3 is 2.33 bits per heavy atom.